The lowest BCUT2D eigenvalue weighted by Gasteiger charge is -2.39. The fourth-order valence-corrected chi connectivity index (χ4v) is 3.67. The van der Waals surface area contributed by atoms with E-state index < -0.39 is 6.09 Å². The molecule has 2 rings (SSSR count). The van der Waals surface area contributed by atoms with Gasteiger partial charge in [0.2, 0.25) is 5.91 Å². The van der Waals surface area contributed by atoms with Crippen molar-refractivity contribution in [2.24, 2.45) is 5.92 Å². The second-order valence-corrected chi connectivity index (χ2v) is 7.38. The molecule has 21 heavy (non-hydrogen) atoms. The summed E-state index contributed by atoms with van der Waals surface area (Å²) < 4.78 is 0. The molecule has 2 aliphatic rings. The summed E-state index contributed by atoms with van der Waals surface area (Å²) in [5.74, 6) is 0.488. The van der Waals surface area contributed by atoms with E-state index in [4.69, 9.17) is 5.11 Å². The largest absolute Gasteiger partial charge is 0.465 e. The molecule has 0 aromatic carbocycles. The zero-order chi connectivity index (χ0) is 15.6. The van der Waals surface area contributed by atoms with Gasteiger partial charge < -0.3 is 15.7 Å². The Morgan fingerprint density at radius 2 is 1.76 bits per heavy atom. The van der Waals surface area contributed by atoms with Crippen molar-refractivity contribution in [1.29, 1.82) is 0 Å². The molecule has 2 aliphatic heterocycles. The third-order valence-electron chi connectivity index (χ3n) is 4.36. The third-order valence-corrected chi connectivity index (χ3v) is 4.36. The number of carbonyl (C=O) groups is 2. The molecule has 6 heteroatoms. The highest BCUT2D eigenvalue weighted by molar-refractivity contribution is 5.78. The maximum Gasteiger partial charge on any atom is 0.404 e. The van der Waals surface area contributed by atoms with Crippen molar-refractivity contribution >= 4 is 12.0 Å². The maximum absolute atomic E-state index is 12.1. The van der Waals surface area contributed by atoms with Crippen molar-refractivity contribution < 1.29 is 14.7 Å². The average Bonchev–Trinajstić information content (AvgIpc) is 2.58. The van der Waals surface area contributed by atoms with E-state index in [1.165, 1.54) is 0 Å². The Kier molecular flexibility index (Phi) is 4.76. The molecule has 3 atom stereocenters. The Bertz CT molecular complexity index is 391. The molecule has 0 unspecified atom stereocenters. The summed E-state index contributed by atoms with van der Waals surface area (Å²) in [5, 5.41) is 14.2. The van der Waals surface area contributed by atoms with Crippen LogP contribution in [-0.4, -0.2) is 52.7 Å². The predicted octanol–water partition coefficient (Wildman–Crippen LogP) is 1.41. The molecular weight excluding hydrogens is 270 g/mol. The lowest BCUT2D eigenvalue weighted by Crippen LogP contribution is -2.51. The monoisotopic (exact) mass is 297 g/mol. The van der Waals surface area contributed by atoms with Crippen LogP contribution in [0.15, 0.2) is 0 Å². The first-order valence-electron chi connectivity index (χ1n) is 7.78. The normalized spacial score (nSPS) is 29.2. The first-order valence-corrected chi connectivity index (χ1v) is 7.78. The summed E-state index contributed by atoms with van der Waals surface area (Å²) in [7, 11) is 0. The topological polar surface area (TPSA) is 81.7 Å². The van der Waals surface area contributed by atoms with E-state index in [0.717, 1.165) is 25.7 Å². The molecule has 0 aliphatic carbocycles. The Balaban J connectivity index is 1.85. The molecule has 0 spiro atoms. The molecule has 120 valence electrons. The Hall–Kier alpha value is -1.30. The second kappa shape index (κ2) is 6.22. The fraction of sp³-hybridized carbons (Fsp3) is 0.867. The summed E-state index contributed by atoms with van der Waals surface area (Å²) in [6.07, 6.45) is 3.27. The van der Waals surface area contributed by atoms with Crippen molar-refractivity contribution in [2.75, 3.05) is 13.1 Å². The maximum atomic E-state index is 12.1. The summed E-state index contributed by atoms with van der Waals surface area (Å²) in [6.45, 7) is 6.96. The number of rotatable bonds is 4. The molecule has 2 fully saturated rings. The Morgan fingerprint density at radius 3 is 2.24 bits per heavy atom. The van der Waals surface area contributed by atoms with E-state index in [2.05, 4.69) is 15.5 Å². The highest BCUT2D eigenvalue weighted by Crippen LogP contribution is 2.38. The molecule has 0 aromatic heterocycles. The van der Waals surface area contributed by atoms with Gasteiger partial charge in [0.05, 0.1) is 6.54 Å². The Morgan fingerprint density at radius 1 is 1.19 bits per heavy atom. The van der Waals surface area contributed by atoms with E-state index in [9.17, 15) is 9.59 Å². The minimum Gasteiger partial charge on any atom is -0.465 e. The number of fused-ring (bicyclic) bond motifs is 2. The van der Waals surface area contributed by atoms with Gasteiger partial charge in [-0.15, -0.1) is 0 Å². The zero-order valence-electron chi connectivity index (χ0n) is 13.2. The van der Waals surface area contributed by atoms with Crippen molar-refractivity contribution in [1.82, 2.24) is 15.5 Å². The number of nitrogens with one attached hydrogen (secondary N) is 2. The number of hydrogen-bond donors (Lipinski definition) is 3. The van der Waals surface area contributed by atoms with Gasteiger partial charge in [0.15, 0.2) is 0 Å². The molecular formula is C15H27N3O3. The van der Waals surface area contributed by atoms with E-state index >= 15 is 0 Å². The quantitative estimate of drug-likeness (QED) is 0.733. The van der Waals surface area contributed by atoms with Crippen LogP contribution in [0.4, 0.5) is 4.79 Å². The Labute approximate surface area is 126 Å². The molecule has 0 aromatic rings. The minimum atomic E-state index is -0.950. The number of carbonyl (C=O) groups excluding carboxylic acids is 1. The van der Waals surface area contributed by atoms with Crippen molar-refractivity contribution in [2.45, 2.75) is 64.1 Å². The van der Waals surface area contributed by atoms with Gasteiger partial charge in [-0.25, -0.2) is 4.79 Å². The van der Waals surface area contributed by atoms with Crippen LogP contribution in [0.1, 0.15) is 46.5 Å². The molecule has 2 heterocycles. The van der Waals surface area contributed by atoms with Crippen LogP contribution >= 0.6 is 0 Å². The average molecular weight is 297 g/mol. The van der Waals surface area contributed by atoms with E-state index in [0.29, 0.717) is 31.1 Å². The van der Waals surface area contributed by atoms with Crippen LogP contribution in [0, 0.1) is 5.92 Å². The lowest BCUT2D eigenvalue weighted by atomic mass is 9.90. The SMILES string of the molecule is CC(C)(C)NC(=O)CN1[C@@H]2CC[C@H]1C[C@H](CNC(=O)O)C2. The third kappa shape index (κ3) is 4.59. The van der Waals surface area contributed by atoms with E-state index in [-0.39, 0.29) is 11.4 Å². The van der Waals surface area contributed by atoms with Crippen LogP contribution in [0.3, 0.4) is 0 Å². The van der Waals surface area contributed by atoms with Gasteiger partial charge in [-0.05, 0) is 52.4 Å². The summed E-state index contributed by atoms with van der Waals surface area (Å²) >= 11 is 0. The van der Waals surface area contributed by atoms with Crippen molar-refractivity contribution in [3.8, 4) is 0 Å². The summed E-state index contributed by atoms with van der Waals surface area (Å²) in [5.41, 5.74) is -0.195. The minimum absolute atomic E-state index is 0.0847. The second-order valence-electron chi connectivity index (χ2n) is 7.38. The number of nitrogens with zero attached hydrogens (tertiary/aromatic N) is 1. The molecule has 2 saturated heterocycles. The number of hydrogen-bond acceptors (Lipinski definition) is 3. The van der Waals surface area contributed by atoms with Gasteiger partial charge in [-0.1, -0.05) is 0 Å². The van der Waals surface area contributed by atoms with Crippen molar-refractivity contribution in [3.63, 3.8) is 0 Å². The summed E-state index contributed by atoms with van der Waals surface area (Å²) in [4.78, 5) is 25.0. The van der Waals surface area contributed by atoms with Gasteiger partial charge in [0.1, 0.15) is 0 Å². The molecule has 0 saturated carbocycles. The first-order chi connectivity index (χ1) is 9.74. The fourth-order valence-electron chi connectivity index (χ4n) is 3.67. The molecule has 3 N–H and O–H groups in total. The first kappa shape index (κ1) is 16.1. The van der Waals surface area contributed by atoms with Crippen LogP contribution < -0.4 is 10.6 Å². The lowest BCUT2D eigenvalue weighted by molar-refractivity contribution is -0.125. The molecule has 0 radical (unpaired) electrons. The highest BCUT2D eigenvalue weighted by atomic mass is 16.4. The zero-order valence-corrected chi connectivity index (χ0v) is 13.2. The molecule has 6 nitrogen and oxygen atoms in total. The number of carboxylic acid groups (broad SMARTS) is 1. The number of amides is 2. The summed E-state index contributed by atoms with van der Waals surface area (Å²) in [6, 6.07) is 0.852. The van der Waals surface area contributed by atoms with Crippen LogP contribution in [0.5, 0.6) is 0 Å². The standard InChI is InChI=1S/C15H27N3O3/c1-15(2,3)17-13(19)9-18-11-4-5-12(18)7-10(6-11)8-16-14(20)21/h10-12,16H,4-9H2,1-3H3,(H,17,19)(H,20,21)/t10-,11-,12+. The number of piperidine rings is 1. The van der Waals surface area contributed by atoms with Gasteiger partial charge >= 0.3 is 6.09 Å². The molecule has 2 bridgehead atoms. The van der Waals surface area contributed by atoms with E-state index in [1.807, 2.05) is 20.8 Å². The molecule has 2 amide bonds. The van der Waals surface area contributed by atoms with Crippen LogP contribution in [0.2, 0.25) is 0 Å². The van der Waals surface area contributed by atoms with Crippen molar-refractivity contribution in [3.05, 3.63) is 0 Å². The van der Waals surface area contributed by atoms with Gasteiger partial charge in [0.25, 0.3) is 0 Å². The highest BCUT2D eigenvalue weighted by Gasteiger charge is 2.41. The predicted molar refractivity (Wildman–Crippen MR) is 80.2 cm³/mol. The van der Waals surface area contributed by atoms with Gasteiger partial charge in [-0.3, -0.25) is 9.69 Å². The van der Waals surface area contributed by atoms with Crippen LogP contribution in [0.25, 0.3) is 0 Å². The van der Waals surface area contributed by atoms with Gasteiger partial charge in [0, 0.05) is 24.2 Å². The van der Waals surface area contributed by atoms with Crippen LogP contribution in [-0.2, 0) is 4.79 Å². The smallest absolute Gasteiger partial charge is 0.404 e. The van der Waals surface area contributed by atoms with Gasteiger partial charge in [-0.2, -0.15) is 0 Å². The van der Waals surface area contributed by atoms with E-state index in [1.54, 1.807) is 0 Å².